The summed E-state index contributed by atoms with van der Waals surface area (Å²) in [6.45, 7) is 39.1. The number of rotatable bonds is 6. The smallest absolute Gasteiger partial charge is 0.0234 e. The molecule has 9 aliphatic rings. The molecule has 0 aromatic heterocycles. The average Bonchev–Trinajstić information content (AvgIpc) is 3.22. The normalized spacial score (nSPS) is 32.6. The van der Waals surface area contributed by atoms with E-state index in [0.29, 0.717) is 0 Å². The lowest BCUT2D eigenvalue weighted by Crippen LogP contribution is -2.48. The van der Waals surface area contributed by atoms with Gasteiger partial charge >= 0.3 is 0 Å². The molecule has 0 unspecified atom stereocenters. The predicted molar refractivity (Wildman–Crippen MR) is 237 cm³/mol. The van der Waals surface area contributed by atoms with Crippen LogP contribution in [0.4, 0.5) is 0 Å². The van der Waals surface area contributed by atoms with Crippen molar-refractivity contribution in [2.45, 2.75) is 58.2 Å². The van der Waals surface area contributed by atoms with Crippen molar-refractivity contribution >= 4 is 0 Å². The summed E-state index contributed by atoms with van der Waals surface area (Å²) < 4.78 is 0. The van der Waals surface area contributed by atoms with Crippen molar-refractivity contribution in [1.82, 2.24) is 60.0 Å². The molecule has 10 rings (SSSR count). The van der Waals surface area contributed by atoms with Gasteiger partial charge in [-0.25, -0.2) is 0 Å². The Hall–Kier alpha value is -1.26. The molecule has 12 heteroatoms. The second kappa shape index (κ2) is 24.9. The van der Waals surface area contributed by atoms with E-state index in [0.717, 1.165) is 78.5 Å². The van der Waals surface area contributed by atoms with E-state index in [4.69, 9.17) is 0 Å². The molecule has 6 bridgehead atoms. The van der Waals surface area contributed by atoms with Gasteiger partial charge in [-0.15, -0.1) is 0 Å². The maximum absolute atomic E-state index is 3.82. The fraction of sp³-hybridized carbons (Fsp3) is 0.867. The topological polar surface area (TPSA) is 65.3 Å². The average molecular weight is 793 g/mol. The highest BCUT2D eigenvalue weighted by Crippen LogP contribution is 2.19. The van der Waals surface area contributed by atoms with Crippen molar-refractivity contribution in [3.8, 4) is 0 Å². The van der Waals surface area contributed by atoms with Crippen molar-refractivity contribution in [3.05, 3.63) is 34.9 Å². The molecular weight excluding hydrogens is 709 g/mol. The van der Waals surface area contributed by atoms with Gasteiger partial charge in [0, 0.05) is 137 Å². The van der Waals surface area contributed by atoms with Crippen LogP contribution in [-0.2, 0) is 19.6 Å². The van der Waals surface area contributed by atoms with E-state index >= 15 is 0 Å². The Morgan fingerprint density at radius 2 is 0.509 bits per heavy atom. The molecule has 0 amide bonds. The standard InChI is InChI=1S/C45H84N12/c1-7-46-10-22-55(19-4-16-52-31-25-49(13-1)26-32-52)40-43-37-44(41-56-20-5-17-53-33-27-50(28-34-53)14-2-8-47-11-23-56)39-45(38-43)42-57-21-6-18-54-35-29-51(30-36-54)15-3-9-48-12-24-57/h37-39,46-48H,1-36,40-42H2. The maximum atomic E-state index is 3.82. The zero-order valence-electron chi connectivity index (χ0n) is 36.3. The van der Waals surface area contributed by atoms with E-state index in [1.807, 2.05) is 0 Å². The summed E-state index contributed by atoms with van der Waals surface area (Å²) in [5, 5.41) is 11.5. The van der Waals surface area contributed by atoms with Crippen LogP contribution >= 0.6 is 0 Å². The monoisotopic (exact) mass is 793 g/mol. The molecule has 9 saturated heterocycles. The molecule has 9 fully saturated rings. The van der Waals surface area contributed by atoms with Crippen LogP contribution in [0.3, 0.4) is 0 Å². The van der Waals surface area contributed by atoms with Gasteiger partial charge in [-0.1, -0.05) is 18.2 Å². The number of hydrogen-bond donors (Lipinski definition) is 3. The summed E-state index contributed by atoms with van der Waals surface area (Å²) in [5.74, 6) is 0. The molecule has 0 atom stereocenters. The molecule has 9 heterocycles. The Kier molecular flexibility index (Phi) is 19.1. The first-order valence-corrected chi connectivity index (χ1v) is 24.0. The SMILES string of the molecule is c1c(CN2CCCN3CCN(CCCNCC2)CC3)cc(CN2CCCN3CCN(CCCNCC2)CC3)cc1CN1CCCN2CCN(CCCNCC1)CC2. The Morgan fingerprint density at radius 1 is 0.263 bits per heavy atom. The van der Waals surface area contributed by atoms with Crippen LogP contribution in [0.2, 0.25) is 0 Å². The van der Waals surface area contributed by atoms with Gasteiger partial charge in [0.1, 0.15) is 0 Å². The van der Waals surface area contributed by atoms with Gasteiger partial charge in [-0.05, 0) is 134 Å². The summed E-state index contributed by atoms with van der Waals surface area (Å²) >= 11 is 0. The fourth-order valence-corrected chi connectivity index (χ4v) is 10.3. The fourth-order valence-electron chi connectivity index (χ4n) is 10.3. The second-order valence-electron chi connectivity index (χ2n) is 18.4. The number of nitrogens with zero attached hydrogens (tertiary/aromatic N) is 9. The number of fused-ring (bicyclic) bond motifs is 33. The van der Waals surface area contributed by atoms with Crippen LogP contribution in [0, 0.1) is 0 Å². The van der Waals surface area contributed by atoms with Crippen molar-refractivity contribution in [2.75, 3.05) is 196 Å². The first-order chi connectivity index (χ1) is 28.2. The van der Waals surface area contributed by atoms with E-state index in [-0.39, 0.29) is 0 Å². The number of hydrogen-bond acceptors (Lipinski definition) is 12. The van der Waals surface area contributed by atoms with Gasteiger partial charge in [0.15, 0.2) is 0 Å². The van der Waals surface area contributed by atoms with Crippen molar-refractivity contribution in [3.63, 3.8) is 0 Å². The van der Waals surface area contributed by atoms with Gasteiger partial charge in [0.05, 0.1) is 0 Å². The van der Waals surface area contributed by atoms with E-state index < -0.39 is 0 Å². The Bertz CT molecular complexity index is 1060. The van der Waals surface area contributed by atoms with Crippen LogP contribution in [0.15, 0.2) is 18.2 Å². The Labute approximate surface area is 348 Å². The molecular formula is C45H84N12. The van der Waals surface area contributed by atoms with Gasteiger partial charge in [0.2, 0.25) is 0 Å². The lowest BCUT2D eigenvalue weighted by molar-refractivity contribution is 0.123. The molecule has 0 saturated carbocycles. The number of nitrogens with one attached hydrogen (secondary N) is 3. The minimum Gasteiger partial charge on any atom is -0.315 e. The summed E-state index contributed by atoms with van der Waals surface area (Å²) in [6.07, 6.45) is 7.57. The maximum Gasteiger partial charge on any atom is 0.0234 e. The van der Waals surface area contributed by atoms with Gasteiger partial charge in [0.25, 0.3) is 0 Å². The first kappa shape index (κ1) is 43.8. The molecule has 0 spiro atoms. The van der Waals surface area contributed by atoms with Crippen LogP contribution < -0.4 is 16.0 Å². The lowest BCUT2D eigenvalue weighted by Gasteiger charge is -2.35. The lowest BCUT2D eigenvalue weighted by atomic mass is 10.0. The largest absolute Gasteiger partial charge is 0.315 e. The molecule has 1 aromatic carbocycles. The molecule has 324 valence electrons. The molecule has 1 aromatic rings. The molecule has 9 aliphatic heterocycles. The summed E-state index contributed by atoms with van der Waals surface area (Å²) in [6, 6.07) is 7.80. The van der Waals surface area contributed by atoms with Crippen molar-refractivity contribution in [2.24, 2.45) is 0 Å². The Balaban J connectivity index is 1.05. The quantitative estimate of drug-likeness (QED) is 0.387. The highest BCUT2D eigenvalue weighted by molar-refractivity contribution is 5.30. The van der Waals surface area contributed by atoms with Gasteiger partial charge < -0.3 is 45.3 Å². The van der Waals surface area contributed by atoms with Crippen molar-refractivity contribution in [1.29, 1.82) is 0 Å². The zero-order chi connectivity index (χ0) is 38.7. The highest BCUT2D eigenvalue weighted by atomic mass is 15.3. The summed E-state index contributed by atoms with van der Waals surface area (Å²) in [7, 11) is 0. The number of benzene rings is 1. The van der Waals surface area contributed by atoms with Crippen LogP contribution in [0.25, 0.3) is 0 Å². The molecule has 3 N–H and O–H groups in total. The van der Waals surface area contributed by atoms with E-state index in [1.54, 1.807) is 0 Å². The van der Waals surface area contributed by atoms with Crippen molar-refractivity contribution < 1.29 is 0 Å². The van der Waals surface area contributed by atoms with Crippen LogP contribution in [0.5, 0.6) is 0 Å². The molecule has 57 heavy (non-hydrogen) atoms. The predicted octanol–water partition coefficient (Wildman–Crippen LogP) is 1.10. The highest BCUT2D eigenvalue weighted by Gasteiger charge is 2.21. The first-order valence-electron chi connectivity index (χ1n) is 24.0. The second-order valence-corrected chi connectivity index (χ2v) is 18.4. The third-order valence-corrected chi connectivity index (χ3v) is 13.9. The number of piperazine rings is 3. The van der Waals surface area contributed by atoms with Gasteiger partial charge in [-0.2, -0.15) is 0 Å². The third kappa shape index (κ3) is 15.9. The molecule has 0 radical (unpaired) electrons. The van der Waals surface area contributed by atoms with E-state index in [1.165, 1.54) is 193 Å². The van der Waals surface area contributed by atoms with Gasteiger partial charge in [-0.3, -0.25) is 14.7 Å². The van der Waals surface area contributed by atoms with Crippen LogP contribution in [-0.4, -0.2) is 240 Å². The van der Waals surface area contributed by atoms with E-state index in [2.05, 4.69) is 78.2 Å². The van der Waals surface area contributed by atoms with E-state index in [9.17, 15) is 0 Å². The molecule has 0 aliphatic carbocycles. The Morgan fingerprint density at radius 3 is 0.772 bits per heavy atom. The third-order valence-electron chi connectivity index (χ3n) is 13.9. The molecule has 12 nitrogen and oxygen atoms in total. The minimum atomic E-state index is 1.05. The summed E-state index contributed by atoms with van der Waals surface area (Å²) in [4.78, 5) is 24.5. The zero-order valence-corrected chi connectivity index (χ0v) is 36.3. The summed E-state index contributed by atoms with van der Waals surface area (Å²) in [5.41, 5.74) is 4.57. The van der Waals surface area contributed by atoms with Crippen LogP contribution in [0.1, 0.15) is 55.2 Å². The minimum absolute atomic E-state index is 1.05.